The summed E-state index contributed by atoms with van der Waals surface area (Å²) in [5.41, 5.74) is 3.60. The Kier molecular flexibility index (Phi) is 5.25. The number of para-hydroxylation sites is 1. The topological polar surface area (TPSA) is 48.1 Å². The SMILES string of the molecule is Cc1cc(C)n([C@@H]2CCN(Cc3ccccc3OCCn3ccnc3)C2)n1. The zero-order chi connectivity index (χ0) is 18.6. The lowest BCUT2D eigenvalue weighted by molar-refractivity contribution is 0.277. The average molecular weight is 365 g/mol. The van der Waals surface area contributed by atoms with E-state index < -0.39 is 0 Å². The Bertz CT molecular complexity index is 871. The minimum Gasteiger partial charge on any atom is -0.491 e. The van der Waals surface area contributed by atoms with Gasteiger partial charge in [-0.25, -0.2) is 4.98 Å². The van der Waals surface area contributed by atoms with Crippen LogP contribution >= 0.6 is 0 Å². The van der Waals surface area contributed by atoms with Crippen LogP contribution < -0.4 is 4.74 Å². The molecule has 1 atom stereocenters. The Morgan fingerprint density at radius 2 is 2.11 bits per heavy atom. The van der Waals surface area contributed by atoms with E-state index in [4.69, 9.17) is 4.74 Å². The predicted molar refractivity (Wildman–Crippen MR) is 105 cm³/mol. The fourth-order valence-electron chi connectivity index (χ4n) is 3.87. The lowest BCUT2D eigenvalue weighted by Gasteiger charge is -2.19. The van der Waals surface area contributed by atoms with Crippen molar-refractivity contribution in [3.8, 4) is 5.75 Å². The molecule has 3 aromatic rings. The van der Waals surface area contributed by atoms with E-state index in [0.717, 1.165) is 44.0 Å². The maximum atomic E-state index is 6.06. The molecule has 6 nitrogen and oxygen atoms in total. The Morgan fingerprint density at radius 1 is 1.22 bits per heavy atom. The second kappa shape index (κ2) is 7.96. The first kappa shape index (κ1) is 17.8. The van der Waals surface area contributed by atoms with Crippen molar-refractivity contribution in [1.82, 2.24) is 24.2 Å². The molecule has 0 N–H and O–H groups in total. The molecule has 0 spiro atoms. The summed E-state index contributed by atoms with van der Waals surface area (Å²) in [4.78, 5) is 6.57. The molecule has 1 aliphatic rings. The summed E-state index contributed by atoms with van der Waals surface area (Å²) in [7, 11) is 0. The molecule has 6 heteroatoms. The number of nitrogens with zero attached hydrogens (tertiary/aromatic N) is 5. The van der Waals surface area contributed by atoms with E-state index in [0.29, 0.717) is 12.6 Å². The van der Waals surface area contributed by atoms with E-state index in [-0.39, 0.29) is 0 Å². The fourth-order valence-corrected chi connectivity index (χ4v) is 3.87. The van der Waals surface area contributed by atoms with Gasteiger partial charge in [-0.3, -0.25) is 9.58 Å². The van der Waals surface area contributed by atoms with Crippen LogP contribution in [0.1, 0.15) is 29.4 Å². The van der Waals surface area contributed by atoms with Crippen molar-refractivity contribution in [3.63, 3.8) is 0 Å². The molecular formula is C21H27N5O. The van der Waals surface area contributed by atoms with Gasteiger partial charge in [0.15, 0.2) is 0 Å². The molecule has 0 amide bonds. The maximum absolute atomic E-state index is 6.06. The number of likely N-dealkylation sites (tertiary alicyclic amines) is 1. The van der Waals surface area contributed by atoms with Gasteiger partial charge in [-0.05, 0) is 32.4 Å². The summed E-state index contributed by atoms with van der Waals surface area (Å²) >= 11 is 0. The van der Waals surface area contributed by atoms with E-state index in [9.17, 15) is 0 Å². The highest BCUT2D eigenvalue weighted by atomic mass is 16.5. The zero-order valence-corrected chi connectivity index (χ0v) is 16.1. The van der Waals surface area contributed by atoms with Gasteiger partial charge in [-0.15, -0.1) is 0 Å². The summed E-state index contributed by atoms with van der Waals surface area (Å²) in [6, 6.07) is 11.0. The first-order chi connectivity index (χ1) is 13.2. The molecule has 0 radical (unpaired) electrons. The van der Waals surface area contributed by atoms with Gasteiger partial charge < -0.3 is 9.30 Å². The van der Waals surface area contributed by atoms with Crippen LogP contribution in [0.4, 0.5) is 0 Å². The van der Waals surface area contributed by atoms with Gasteiger partial charge in [0.2, 0.25) is 0 Å². The third kappa shape index (κ3) is 4.22. The maximum Gasteiger partial charge on any atom is 0.123 e. The summed E-state index contributed by atoms with van der Waals surface area (Å²) in [6.07, 6.45) is 6.71. The number of aromatic nitrogens is 4. The molecule has 27 heavy (non-hydrogen) atoms. The van der Waals surface area contributed by atoms with Crippen molar-refractivity contribution < 1.29 is 4.74 Å². The van der Waals surface area contributed by atoms with Gasteiger partial charge in [0.05, 0.1) is 24.6 Å². The van der Waals surface area contributed by atoms with E-state index in [2.05, 4.69) is 57.8 Å². The van der Waals surface area contributed by atoms with E-state index in [1.54, 1.807) is 6.20 Å². The molecule has 142 valence electrons. The van der Waals surface area contributed by atoms with Gasteiger partial charge >= 0.3 is 0 Å². The predicted octanol–water partition coefficient (Wildman–Crippen LogP) is 3.22. The summed E-state index contributed by atoms with van der Waals surface area (Å²) in [5.74, 6) is 0.979. The van der Waals surface area contributed by atoms with Crippen LogP contribution in [0, 0.1) is 13.8 Å². The number of aryl methyl sites for hydroxylation is 2. The number of hydrogen-bond acceptors (Lipinski definition) is 4. The highest BCUT2D eigenvalue weighted by Crippen LogP contribution is 2.27. The highest BCUT2D eigenvalue weighted by molar-refractivity contribution is 5.33. The average Bonchev–Trinajstić information content (AvgIpc) is 3.38. The largest absolute Gasteiger partial charge is 0.491 e. The normalized spacial score (nSPS) is 17.5. The van der Waals surface area contributed by atoms with Crippen LogP contribution in [0.25, 0.3) is 0 Å². The third-order valence-corrected chi connectivity index (χ3v) is 5.17. The highest BCUT2D eigenvalue weighted by Gasteiger charge is 2.26. The van der Waals surface area contributed by atoms with Gasteiger partial charge in [-0.2, -0.15) is 5.10 Å². The van der Waals surface area contributed by atoms with E-state index in [1.165, 1.54) is 11.3 Å². The van der Waals surface area contributed by atoms with Crippen molar-refractivity contribution in [3.05, 3.63) is 66.0 Å². The van der Waals surface area contributed by atoms with Crippen molar-refractivity contribution in [2.45, 2.75) is 39.4 Å². The van der Waals surface area contributed by atoms with Crippen molar-refractivity contribution in [2.24, 2.45) is 0 Å². The van der Waals surface area contributed by atoms with Gasteiger partial charge in [0, 0.05) is 43.3 Å². The summed E-state index contributed by atoms with van der Waals surface area (Å²) < 4.78 is 10.3. The first-order valence-corrected chi connectivity index (χ1v) is 9.60. The third-order valence-electron chi connectivity index (χ3n) is 5.17. The van der Waals surface area contributed by atoms with Crippen LogP contribution in [0.3, 0.4) is 0 Å². The lowest BCUT2D eigenvalue weighted by Crippen LogP contribution is -2.22. The number of rotatable bonds is 7. The van der Waals surface area contributed by atoms with E-state index in [1.807, 2.05) is 23.2 Å². The molecule has 0 unspecified atom stereocenters. The number of imidazole rings is 1. The molecule has 0 saturated carbocycles. The Labute approximate surface area is 160 Å². The van der Waals surface area contributed by atoms with Gasteiger partial charge in [0.1, 0.15) is 12.4 Å². The van der Waals surface area contributed by atoms with Gasteiger partial charge in [0.25, 0.3) is 0 Å². The van der Waals surface area contributed by atoms with Crippen LogP contribution in [0.2, 0.25) is 0 Å². The smallest absolute Gasteiger partial charge is 0.123 e. The Morgan fingerprint density at radius 3 is 2.89 bits per heavy atom. The van der Waals surface area contributed by atoms with Crippen LogP contribution in [0.15, 0.2) is 49.1 Å². The number of hydrogen-bond donors (Lipinski definition) is 0. The molecule has 0 bridgehead atoms. The van der Waals surface area contributed by atoms with Crippen molar-refractivity contribution >= 4 is 0 Å². The molecule has 0 aliphatic carbocycles. The van der Waals surface area contributed by atoms with Gasteiger partial charge in [-0.1, -0.05) is 18.2 Å². The van der Waals surface area contributed by atoms with Crippen LogP contribution in [-0.4, -0.2) is 43.9 Å². The fraction of sp³-hybridized carbons (Fsp3) is 0.429. The molecule has 1 aromatic carbocycles. The second-order valence-corrected chi connectivity index (χ2v) is 7.31. The number of benzene rings is 1. The Hall–Kier alpha value is -2.60. The molecule has 1 saturated heterocycles. The zero-order valence-electron chi connectivity index (χ0n) is 16.1. The van der Waals surface area contributed by atoms with E-state index >= 15 is 0 Å². The molecular weight excluding hydrogens is 338 g/mol. The second-order valence-electron chi connectivity index (χ2n) is 7.31. The minimum absolute atomic E-state index is 0.466. The molecule has 1 fully saturated rings. The van der Waals surface area contributed by atoms with Crippen molar-refractivity contribution in [2.75, 3.05) is 19.7 Å². The molecule has 2 aromatic heterocycles. The summed E-state index contributed by atoms with van der Waals surface area (Å²) in [5, 5.41) is 4.67. The molecule has 4 rings (SSSR count). The molecule has 1 aliphatic heterocycles. The Balaban J connectivity index is 1.36. The standard InChI is InChI=1S/C21H27N5O/c1-17-13-18(2)26(23-17)20-7-9-25(15-20)14-19-5-3-4-6-21(19)27-12-11-24-10-8-22-16-24/h3-6,8,10,13,16,20H,7,9,11-12,14-15H2,1-2H3/t20-/m1/s1. The van der Waals surface area contributed by atoms with Crippen LogP contribution in [-0.2, 0) is 13.1 Å². The van der Waals surface area contributed by atoms with Crippen molar-refractivity contribution in [1.29, 1.82) is 0 Å². The number of ether oxygens (including phenoxy) is 1. The monoisotopic (exact) mass is 365 g/mol. The summed E-state index contributed by atoms with van der Waals surface area (Å²) in [6.45, 7) is 8.69. The first-order valence-electron chi connectivity index (χ1n) is 9.60. The quantitative estimate of drug-likeness (QED) is 0.645. The minimum atomic E-state index is 0.466. The van der Waals surface area contributed by atoms with Crippen LogP contribution in [0.5, 0.6) is 5.75 Å². The lowest BCUT2D eigenvalue weighted by atomic mass is 10.2. The molecule has 3 heterocycles.